The van der Waals surface area contributed by atoms with Gasteiger partial charge in [0.05, 0.1) is 6.61 Å². The van der Waals surface area contributed by atoms with Gasteiger partial charge in [0.25, 0.3) is 0 Å². The lowest BCUT2D eigenvalue weighted by molar-refractivity contribution is 0.146. The highest BCUT2D eigenvalue weighted by Gasteiger charge is 2.25. The lowest BCUT2D eigenvalue weighted by atomic mass is 9.90. The molecule has 1 aliphatic rings. The molecule has 1 heterocycles. The molecule has 1 fully saturated rings. The second-order valence-electron chi connectivity index (χ2n) is 5.65. The van der Waals surface area contributed by atoms with Crippen LogP contribution in [0.1, 0.15) is 33.6 Å². The zero-order valence-electron chi connectivity index (χ0n) is 11.2. The fourth-order valence-corrected chi connectivity index (χ4v) is 2.54. The average molecular weight is 228 g/mol. The Kier molecular flexibility index (Phi) is 5.73. The normalized spacial score (nSPS) is 27.0. The van der Waals surface area contributed by atoms with Crippen LogP contribution in [0, 0.1) is 11.8 Å². The smallest absolute Gasteiger partial charge is 0.0587 e. The fourth-order valence-electron chi connectivity index (χ4n) is 2.54. The topological polar surface area (TPSA) is 35.5 Å². The van der Waals surface area contributed by atoms with E-state index in [1.807, 2.05) is 0 Å². The third-order valence-corrected chi connectivity index (χ3v) is 3.85. The zero-order valence-corrected chi connectivity index (χ0v) is 11.2. The number of rotatable bonds is 5. The summed E-state index contributed by atoms with van der Waals surface area (Å²) in [5, 5.41) is 12.9. The molecule has 0 spiro atoms. The third kappa shape index (κ3) is 4.04. The molecule has 0 aliphatic carbocycles. The second-order valence-corrected chi connectivity index (χ2v) is 5.65. The van der Waals surface area contributed by atoms with Crippen molar-refractivity contribution in [1.29, 1.82) is 0 Å². The van der Waals surface area contributed by atoms with Crippen LogP contribution in [0.2, 0.25) is 0 Å². The van der Waals surface area contributed by atoms with E-state index in [0.29, 0.717) is 12.0 Å². The van der Waals surface area contributed by atoms with Crippen molar-refractivity contribution >= 4 is 0 Å². The largest absolute Gasteiger partial charge is 0.395 e. The minimum Gasteiger partial charge on any atom is -0.395 e. The summed E-state index contributed by atoms with van der Waals surface area (Å²) in [6.07, 6.45) is 2.62. The molecule has 2 unspecified atom stereocenters. The summed E-state index contributed by atoms with van der Waals surface area (Å²) in [6, 6.07) is 0.740. The van der Waals surface area contributed by atoms with Gasteiger partial charge < -0.3 is 15.3 Å². The maximum Gasteiger partial charge on any atom is 0.0587 e. The van der Waals surface area contributed by atoms with Crippen LogP contribution in [0.4, 0.5) is 0 Å². The summed E-state index contributed by atoms with van der Waals surface area (Å²) >= 11 is 0. The highest BCUT2D eigenvalue weighted by Crippen LogP contribution is 2.19. The van der Waals surface area contributed by atoms with Gasteiger partial charge in [0.2, 0.25) is 0 Å². The van der Waals surface area contributed by atoms with E-state index in [9.17, 15) is 5.11 Å². The maximum absolute atomic E-state index is 9.32. The molecule has 0 aromatic heterocycles. The monoisotopic (exact) mass is 228 g/mol. The molecular weight excluding hydrogens is 200 g/mol. The number of likely N-dealkylation sites (tertiary alicyclic amines) is 1. The minimum absolute atomic E-state index is 0.238. The first-order valence-electron chi connectivity index (χ1n) is 6.60. The van der Waals surface area contributed by atoms with Crippen LogP contribution in [0.3, 0.4) is 0 Å². The van der Waals surface area contributed by atoms with Crippen LogP contribution in [-0.4, -0.2) is 48.8 Å². The van der Waals surface area contributed by atoms with Crippen LogP contribution in [0.25, 0.3) is 0 Å². The highest BCUT2D eigenvalue weighted by atomic mass is 16.3. The van der Waals surface area contributed by atoms with Gasteiger partial charge in [-0.15, -0.1) is 0 Å². The van der Waals surface area contributed by atoms with Gasteiger partial charge in [-0.2, -0.15) is 0 Å². The number of piperidine rings is 1. The van der Waals surface area contributed by atoms with Crippen LogP contribution >= 0.6 is 0 Å². The van der Waals surface area contributed by atoms with Gasteiger partial charge in [0.1, 0.15) is 0 Å². The Balaban J connectivity index is 2.40. The van der Waals surface area contributed by atoms with Crippen molar-refractivity contribution in [2.75, 3.05) is 26.7 Å². The van der Waals surface area contributed by atoms with E-state index in [2.05, 4.69) is 38.0 Å². The molecule has 1 aliphatic heterocycles. The second kappa shape index (κ2) is 6.58. The van der Waals surface area contributed by atoms with Crippen molar-refractivity contribution in [2.24, 2.45) is 11.8 Å². The molecule has 1 saturated heterocycles. The molecule has 0 aromatic rings. The molecule has 16 heavy (non-hydrogen) atoms. The molecule has 0 radical (unpaired) electrons. The Hall–Kier alpha value is -0.120. The fraction of sp³-hybridized carbons (Fsp3) is 1.00. The Bertz CT molecular complexity index is 196. The summed E-state index contributed by atoms with van der Waals surface area (Å²) < 4.78 is 0. The molecule has 2 N–H and O–H groups in total. The lowest BCUT2D eigenvalue weighted by Crippen LogP contribution is -2.49. The van der Waals surface area contributed by atoms with Gasteiger partial charge in [0.15, 0.2) is 0 Å². The van der Waals surface area contributed by atoms with Crippen molar-refractivity contribution in [1.82, 2.24) is 10.2 Å². The van der Waals surface area contributed by atoms with Crippen molar-refractivity contribution in [3.8, 4) is 0 Å². The van der Waals surface area contributed by atoms with Crippen LogP contribution in [0.15, 0.2) is 0 Å². The average Bonchev–Trinajstić information content (AvgIpc) is 2.25. The number of hydrogen-bond donors (Lipinski definition) is 2. The van der Waals surface area contributed by atoms with Crippen LogP contribution < -0.4 is 5.32 Å². The lowest BCUT2D eigenvalue weighted by Gasteiger charge is -2.36. The number of nitrogens with zero attached hydrogens (tertiary/aromatic N) is 1. The molecule has 0 bridgehead atoms. The van der Waals surface area contributed by atoms with Crippen molar-refractivity contribution in [3.63, 3.8) is 0 Å². The molecule has 3 nitrogen and oxygen atoms in total. The maximum atomic E-state index is 9.32. The van der Waals surface area contributed by atoms with Crippen LogP contribution in [0.5, 0.6) is 0 Å². The Labute approximate surface area is 100 Å². The molecule has 3 heteroatoms. The Morgan fingerprint density at radius 2 is 2.06 bits per heavy atom. The van der Waals surface area contributed by atoms with Gasteiger partial charge in [-0.3, -0.25) is 0 Å². The summed E-state index contributed by atoms with van der Waals surface area (Å²) in [6.45, 7) is 9.24. The van der Waals surface area contributed by atoms with Gasteiger partial charge in [-0.1, -0.05) is 13.8 Å². The first-order valence-corrected chi connectivity index (χ1v) is 6.60. The van der Waals surface area contributed by atoms with Gasteiger partial charge in [0, 0.05) is 18.6 Å². The SMILES string of the molecule is CC(N[C@H](CO)C(C)C)C1CCCN(C)C1. The molecule has 0 saturated carbocycles. The van der Waals surface area contributed by atoms with Gasteiger partial charge in [-0.05, 0) is 45.2 Å². The Morgan fingerprint density at radius 3 is 2.56 bits per heavy atom. The molecular formula is C13H28N2O. The summed E-state index contributed by atoms with van der Waals surface area (Å²) in [5.74, 6) is 1.22. The quantitative estimate of drug-likeness (QED) is 0.745. The minimum atomic E-state index is 0.238. The molecule has 0 amide bonds. The van der Waals surface area contributed by atoms with E-state index in [0.717, 1.165) is 5.92 Å². The van der Waals surface area contributed by atoms with Crippen LogP contribution in [-0.2, 0) is 0 Å². The van der Waals surface area contributed by atoms with E-state index in [1.165, 1.54) is 25.9 Å². The molecule has 3 atom stereocenters. The standard InChI is InChI=1S/C13H28N2O/c1-10(2)13(9-16)14-11(3)12-6-5-7-15(4)8-12/h10-14,16H,5-9H2,1-4H3/t11?,12?,13-/m1/s1. The zero-order chi connectivity index (χ0) is 12.1. The number of hydrogen-bond acceptors (Lipinski definition) is 3. The molecule has 0 aromatic carbocycles. The predicted molar refractivity (Wildman–Crippen MR) is 68.5 cm³/mol. The molecule has 1 rings (SSSR count). The Morgan fingerprint density at radius 1 is 1.38 bits per heavy atom. The van der Waals surface area contributed by atoms with Crippen molar-refractivity contribution < 1.29 is 5.11 Å². The van der Waals surface area contributed by atoms with E-state index in [-0.39, 0.29) is 12.6 Å². The summed E-state index contributed by atoms with van der Waals surface area (Å²) in [4.78, 5) is 2.41. The van der Waals surface area contributed by atoms with Crippen molar-refractivity contribution in [2.45, 2.75) is 45.7 Å². The van der Waals surface area contributed by atoms with E-state index < -0.39 is 0 Å². The third-order valence-electron chi connectivity index (χ3n) is 3.85. The first-order chi connectivity index (χ1) is 7.54. The number of nitrogens with one attached hydrogen (secondary N) is 1. The summed E-state index contributed by atoms with van der Waals surface area (Å²) in [7, 11) is 2.20. The van der Waals surface area contributed by atoms with E-state index in [1.54, 1.807) is 0 Å². The number of aliphatic hydroxyl groups is 1. The van der Waals surface area contributed by atoms with Crippen molar-refractivity contribution in [3.05, 3.63) is 0 Å². The predicted octanol–water partition coefficient (Wildman–Crippen LogP) is 1.32. The van der Waals surface area contributed by atoms with Gasteiger partial charge >= 0.3 is 0 Å². The molecule has 96 valence electrons. The van der Waals surface area contributed by atoms with E-state index in [4.69, 9.17) is 0 Å². The summed E-state index contributed by atoms with van der Waals surface area (Å²) in [5.41, 5.74) is 0. The highest BCUT2D eigenvalue weighted by molar-refractivity contribution is 4.82. The first kappa shape index (κ1) is 13.9. The number of aliphatic hydroxyl groups excluding tert-OH is 1. The van der Waals surface area contributed by atoms with Gasteiger partial charge in [-0.25, -0.2) is 0 Å². The van der Waals surface area contributed by atoms with E-state index >= 15 is 0 Å².